The lowest BCUT2D eigenvalue weighted by Gasteiger charge is -2.12. The number of ether oxygens (including phenoxy) is 2. The van der Waals surface area contributed by atoms with Gasteiger partial charge in [0, 0.05) is 12.1 Å². The molecule has 9 heteroatoms. The maximum absolute atomic E-state index is 12.8. The van der Waals surface area contributed by atoms with Crippen molar-refractivity contribution in [3.63, 3.8) is 0 Å². The molecule has 0 saturated heterocycles. The first kappa shape index (κ1) is 21.0. The van der Waals surface area contributed by atoms with E-state index in [0.717, 1.165) is 0 Å². The largest absolute Gasteiger partial charge is 0.545 e. The summed E-state index contributed by atoms with van der Waals surface area (Å²) in [5.41, 5.74) is 0.515. The van der Waals surface area contributed by atoms with E-state index in [1.165, 1.54) is 54.2 Å². The number of alkyl halides is 2. The zero-order valence-corrected chi connectivity index (χ0v) is 16.1. The third-order valence-corrected chi connectivity index (χ3v) is 4.38. The van der Waals surface area contributed by atoms with Gasteiger partial charge < -0.3 is 23.9 Å². The van der Waals surface area contributed by atoms with Gasteiger partial charge in [0.15, 0.2) is 11.5 Å². The molecule has 0 saturated carbocycles. The molecular weight excluding hydrogens is 398 g/mol. The highest BCUT2D eigenvalue weighted by molar-refractivity contribution is 5.91. The molecule has 2 aromatic carbocycles. The van der Waals surface area contributed by atoms with E-state index in [4.69, 9.17) is 4.74 Å². The van der Waals surface area contributed by atoms with E-state index in [0.29, 0.717) is 12.1 Å². The van der Waals surface area contributed by atoms with Crippen LogP contribution in [-0.2, 0) is 6.54 Å². The second kappa shape index (κ2) is 8.73. The van der Waals surface area contributed by atoms with E-state index in [9.17, 15) is 23.5 Å². The van der Waals surface area contributed by atoms with Crippen LogP contribution in [0.3, 0.4) is 0 Å². The van der Waals surface area contributed by atoms with Crippen LogP contribution in [0.5, 0.6) is 11.5 Å². The second-order valence-electron chi connectivity index (χ2n) is 6.13. The molecule has 30 heavy (non-hydrogen) atoms. The topological polar surface area (TPSA) is 93.5 Å². The molecule has 0 aliphatic carbocycles. The highest BCUT2D eigenvalue weighted by Crippen LogP contribution is 2.33. The number of hydrogen-bond donors (Lipinski definition) is 0. The van der Waals surface area contributed by atoms with E-state index in [1.807, 2.05) is 0 Å². The average molecular weight is 415 g/mol. The predicted molar refractivity (Wildman–Crippen MR) is 105 cm³/mol. The van der Waals surface area contributed by atoms with Crippen LogP contribution in [0.4, 0.5) is 8.78 Å². The van der Waals surface area contributed by atoms with Gasteiger partial charge in [0.05, 0.1) is 24.1 Å². The summed E-state index contributed by atoms with van der Waals surface area (Å²) in [5, 5.41) is 11.1. The first-order valence-corrected chi connectivity index (χ1v) is 8.91. The summed E-state index contributed by atoms with van der Waals surface area (Å²) in [6, 6.07) is 8.71. The Balaban J connectivity index is 2.14. The highest BCUT2D eigenvalue weighted by Gasteiger charge is 2.14. The van der Waals surface area contributed by atoms with Crippen LogP contribution in [-0.4, -0.2) is 29.2 Å². The Morgan fingerprint density at radius 2 is 2.03 bits per heavy atom. The molecule has 3 aromatic rings. The maximum Gasteiger partial charge on any atom is 0.387 e. The van der Waals surface area contributed by atoms with Gasteiger partial charge in [0.25, 0.3) is 5.56 Å². The summed E-state index contributed by atoms with van der Waals surface area (Å²) in [7, 11) is 1.32. The molecule has 0 atom stereocenters. The van der Waals surface area contributed by atoms with Crippen molar-refractivity contribution in [2.24, 2.45) is 0 Å². The van der Waals surface area contributed by atoms with Crippen molar-refractivity contribution in [1.29, 1.82) is 0 Å². The van der Waals surface area contributed by atoms with Gasteiger partial charge in [0.2, 0.25) is 0 Å². The van der Waals surface area contributed by atoms with Gasteiger partial charge in [-0.2, -0.15) is 8.78 Å². The molecule has 3 rings (SSSR count). The predicted octanol–water partition coefficient (Wildman–Crippen LogP) is 2.56. The Bertz CT molecular complexity index is 1190. The SMILES string of the molecule is CCn1c(=O)c(/C=C/c2cccc(OC)c2OC(F)F)nc2cc(C(=O)[O-])ccc21. The van der Waals surface area contributed by atoms with Crippen molar-refractivity contribution in [1.82, 2.24) is 9.55 Å². The van der Waals surface area contributed by atoms with Crippen molar-refractivity contribution in [3.8, 4) is 11.5 Å². The Kier molecular flexibility index (Phi) is 6.10. The molecule has 1 aromatic heterocycles. The number of rotatable bonds is 7. The van der Waals surface area contributed by atoms with Crippen LogP contribution in [0.1, 0.15) is 28.5 Å². The smallest absolute Gasteiger partial charge is 0.387 e. The zero-order chi connectivity index (χ0) is 21.8. The van der Waals surface area contributed by atoms with E-state index >= 15 is 0 Å². The van der Waals surface area contributed by atoms with Crippen molar-refractivity contribution in [2.75, 3.05) is 7.11 Å². The van der Waals surface area contributed by atoms with E-state index in [2.05, 4.69) is 9.72 Å². The van der Waals surface area contributed by atoms with Gasteiger partial charge in [-0.05, 0) is 42.8 Å². The first-order valence-electron chi connectivity index (χ1n) is 8.91. The number of carboxylic acid groups (broad SMARTS) is 1. The number of aromatic carboxylic acids is 1. The Hall–Kier alpha value is -3.75. The van der Waals surface area contributed by atoms with Crippen LogP contribution in [0.15, 0.2) is 41.2 Å². The lowest BCUT2D eigenvalue weighted by Crippen LogP contribution is -2.25. The summed E-state index contributed by atoms with van der Waals surface area (Å²) < 4.78 is 36.6. The Morgan fingerprint density at radius 1 is 1.27 bits per heavy atom. The summed E-state index contributed by atoms with van der Waals surface area (Å²) in [5.74, 6) is -1.44. The van der Waals surface area contributed by atoms with Crippen LogP contribution in [0, 0.1) is 0 Å². The number of hydrogen-bond acceptors (Lipinski definition) is 6. The summed E-state index contributed by atoms with van der Waals surface area (Å²) in [6.07, 6.45) is 2.76. The van der Waals surface area contributed by atoms with Gasteiger partial charge >= 0.3 is 6.61 Å². The lowest BCUT2D eigenvalue weighted by molar-refractivity contribution is -0.255. The van der Waals surface area contributed by atoms with E-state index < -0.39 is 18.1 Å². The molecule has 0 radical (unpaired) electrons. The number of fused-ring (bicyclic) bond motifs is 1. The number of nitrogens with zero attached hydrogens (tertiary/aromatic N) is 2. The van der Waals surface area contributed by atoms with Crippen LogP contribution >= 0.6 is 0 Å². The number of carboxylic acids is 1. The van der Waals surface area contributed by atoms with Gasteiger partial charge in [0.1, 0.15) is 5.69 Å². The number of aryl methyl sites for hydroxylation is 1. The summed E-state index contributed by atoms with van der Waals surface area (Å²) >= 11 is 0. The fourth-order valence-corrected chi connectivity index (χ4v) is 3.02. The highest BCUT2D eigenvalue weighted by atomic mass is 19.3. The minimum absolute atomic E-state index is 0.00525. The monoisotopic (exact) mass is 415 g/mol. The Labute approximate surface area is 169 Å². The third kappa shape index (κ3) is 4.14. The van der Waals surface area contributed by atoms with Gasteiger partial charge in [-0.1, -0.05) is 18.2 Å². The molecular formula is C21H17F2N2O5-. The molecule has 0 unspecified atom stereocenters. The Morgan fingerprint density at radius 3 is 2.67 bits per heavy atom. The number of halogens is 2. The fraction of sp³-hybridized carbons (Fsp3) is 0.190. The van der Waals surface area contributed by atoms with Gasteiger partial charge in [-0.25, -0.2) is 4.98 Å². The molecule has 156 valence electrons. The van der Waals surface area contributed by atoms with Crippen LogP contribution in [0.2, 0.25) is 0 Å². The molecule has 0 aliphatic heterocycles. The quantitative estimate of drug-likeness (QED) is 0.589. The molecule has 0 fully saturated rings. The number of para-hydroxylation sites is 1. The normalized spacial score (nSPS) is 11.4. The zero-order valence-electron chi connectivity index (χ0n) is 16.1. The maximum atomic E-state index is 12.8. The minimum Gasteiger partial charge on any atom is -0.545 e. The fourth-order valence-electron chi connectivity index (χ4n) is 3.02. The van der Waals surface area contributed by atoms with E-state index in [-0.39, 0.29) is 33.8 Å². The third-order valence-electron chi connectivity index (χ3n) is 4.38. The van der Waals surface area contributed by atoms with E-state index in [1.54, 1.807) is 13.0 Å². The van der Waals surface area contributed by atoms with Gasteiger partial charge in [-0.15, -0.1) is 0 Å². The molecule has 0 aliphatic rings. The number of methoxy groups -OCH3 is 1. The second-order valence-corrected chi connectivity index (χ2v) is 6.13. The molecule has 0 N–H and O–H groups in total. The van der Waals surface area contributed by atoms with Crippen molar-refractivity contribution < 1.29 is 28.2 Å². The number of carbonyl (C=O) groups is 1. The molecule has 1 heterocycles. The van der Waals surface area contributed by atoms with Crippen LogP contribution in [0.25, 0.3) is 23.2 Å². The molecule has 0 spiro atoms. The first-order chi connectivity index (χ1) is 14.3. The van der Waals surface area contributed by atoms with Crippen LogP contribution < -0.4 is 20.1 Å². The lowest BCUT2D eigenvalue weighted by atomic mass is 10.1. The average Bonchev–Trinajstić information content (AvgIpc) is 2.72. The van der Waals surface area contributed by atoms with Gasteiger partial charge in [-0.3, -0.25) is 4.79 Å². The molecule has 0 amide bonds. The molecule has 0 bridgehead atoms. The molecule has 7 nitrogen and oxygen atoms in total. The van der Waals surface area contributed by atoms with Crippen molar-refractivity contribution in [2.45, 2.75) is 20.1 Å². The summed E-state index contributed by atoms with van der Waals surface area (Å²) in [4.78, 5) is 28.2. The summed E-state index contributed by atoms with van der Waals surface area (Å²) in [6.45, 7) is -0.979. The standard InChI is InChI=1S/C21H18F2N2O5/c1-3-25-16-10-8-13(20(27)28)11-15(16)24-14(19(25)26)9-7-12-5-4-6-17(29-2)18(12)30-21(22)23/h4-11,21H,3H2,1-2H3,(H,27,28)/p-1/b9-7+. The number of carbonyl (C=O) groups excluding carboxylic acids is 1. The van der Waals surface area contributed by atoms with Crippen molar-refractivity contribution in [3.05, 3.63) is 63.6 Å². The minimum atomic E-state index is -3.06. The number of aromatic nitrogens is 2. The number of benzene rings is 2. The van der Waals surface area contributed by atoms with Crippen molar-refractivity contribution >= 4 is 29.2 Å².